The Morgan fingerprint density at radius 3 is 2.69 bits per heavy atom. The van der Waals surface area contributed by atoms with Crippen LogP contribution in [0, 0.1) is 6.92 Å². The van der Waals surface area contributed by atoms with Crippen LogP contribution in [-0.2, 0) is 13.5 Å². The normalized spacial score (nSPS) is 11.7. The molecule has 8 heteroatoms. The highest BCUT2D eigenvalue weighted by molar-refractivity contribution is 7.15. The zero-order valence-electron chi connectivity index (χ0n) is 18.0. The van der Waals surface area contributed by atoms with Crippen LogP contribution in [0.2, 0.25) is 0 Å². The van der Waals surface area contributed by atoms with E-state index in [-0.39, 0.29) is 0 Å². The number of para-hydroxylation sites is 1. The molecule has 0 saturated heterocycles. The smallest absolute Gasteiger partial charge is 0.161 e. The summed E-state index contributed by atoms with van der Waals surface area (Å²) in [4.78, 5) is 15.8. The summed E-state index contributed by atoms with van der Waals surface area (Å²) in [5, 5.41) is 12.2. The highest BCUT2D eigenvalue weighted by Crippen LogP contribution is 2.35. The molecule has 1 aromatic carbocycles. The summed E-state index contributed by atoms with van der Waals surface area (Å²) in [5.41, 5.74) is 8.40. The Kier molecular flexibility index (Phi) is 4.22. The molecular formula is C24H21N7S. The average molecular weight is 440 g/mol. The van der Waals surface area contributed by atoms with Gasteiger partial charge in [-0.1, -0.05) is 19.1 Å². The zero-order valence-corrected chi connectivity index (χ0v) is 18.8. The first kappa shape index (κ1) is 18.9. The van der Waals surface area contributed by atoms with Crippen LogP contribution in [-0.4, -0.2) is 34.9 Å². The number of aryl methyl sites for hydroxylation is 3. The molecule has 0 saturated carbocycles. The Balaban J connectivity index is 1.51. The minimum Gasteiger partial charge on any atom is -0.336 e. The number of thiophene rings is 1. The standard InChI is InChI=1S/C24H21N7S/c1-4-16-15(12-31(3)30-16)17-9-10-19-22(25-17)23(29-28-19)24-26-18-7-5-6-14(21(18)27-24)20-11-8-13(2)32-20/h5-12H,4H2,1-3H3,(H,26,27)(H,28,29). The molecule has 6 aromatic rings. The van der Waals surface area contributed by atoms with Gasteiger partial charge in [0.25, 0.3) is 0 Å². The summed E-state index contributed by atoms with van der Waals surface area (Å²) in [6, 6.07) is 14.5. The molecule has 0 amide bonds. The third-order valence-electron chi connectivity index (χ3n) is 5.67. The number of fused-ring (bicyclic) bond motifs is 2. The lowest BCUT2D eigenvalue weighted by Gasteiger charge is -2.00. The summed E-state index contributed by atoms with van der Waals surface area (Å²) in [7, 11) is 1.94. The number of benzene rings is 1. The van der Waals surface area contributed by atoms with E-state index in [4.69, 9.17) is 9.97 Å². The Morgan fingerprint density at radius 1 is 0.969 bits per heavy atom. The summed E-state index contributed by atoms with van der Waals surface area (Å²) in [6.45, 7) is 4.23. The van der Waals surface area contributed by atoms with Gasteiger partial charge in [0.15, 0.2) is 11.5 Å². The van der Waals surface area contributed by atoms with Crippen molar-refractivity contribution in [3.05, 3.63) is 59.2 Å². The molecule has 0 unspecified atom stereocenters. The van der Waals surface area contributed by atoms with Gasteiger partial charge in [0, 0.05) is 34.1 Å². The van der Waals surface area contributed by atoms with Crippen molar-refractivity contribution in [2.75, 3.05) is 0 Å². The van der Waals surface area contributed by atoms with Crippen molar-refractivity contribution in [1.29, 1.82) is 0 Å². The maximum atomic E-state index is 4.95. The molecular weight excluding hydrogens is 418 g/mol. The lowest BCUT2D eigenvalue weighted by molar-refractivity contribution is 0.746. The Labute approximate surface area is 188 Å². The number of hydrogen-bond acceptors (Lipinski definition) is 5. The number of H-pyrrole nitrogens is 2. The maximum Gasteiger partial charge on any atom is 0.161 e. The molecule has 0 aliphatic carbocycles. The van der Waals surface area contributed by atoms with E-state index < -0.39 is 0 Å². The van der Waals surface area contributed by atoms with E-state index in [1.807, 2.05) is 36.1 Å². The second-order valence-electron chi connectivity index (χ2n) is 7.88. The number of nitrogens with one attached hydrogen (secondary N) is 2. The predicted molar refractivity (Wildman–Crippen MR) is 129 cm³/mol. The molecule has 7 nitrogen and oxygen atoms in total. The number of hydrogen-bond donors (Lipinski definition) is 2. The third kappa shape index (κ3) is 2.95. The summed E-state index contributed by atoms with van der Waals surface area (Å²) in [6.07, 6.45) is 2.87. The molecule has 0 aliphatic heterocycles. The second kappa shape index (κ2) is 7.13. The predicted octanol–water partition coefficient (Wildman–Crippen LogP) is 5.50. The molecule has 0 radical (unpaired) electrons. The van der Waals surface area contributed by atoms with Crippen molar-refractivity contribution < 1.29 is 0 Å². The molecule has 2 N–H and O–H groups in total. The van der Waals surface area contributed by atoms with E-state index in [0.717, 1.165) is 51.0 Å². The number of nitrogens with zero attached hydrogens (tertiary/aromatic N) is 5. The molecule has 5 heterocycles. The minimum absolute atomic E-state index is 0.707. The van der Waals surface area contributed by atoms with Gasteiger partial charge >= 0.3 is 0 Å². The number of aromatic nitrogens is 7. The van der Waals surface area contributed by atoms with Gasteiger partial charge < -0.3 is 4.98 Å². The largest absolute Gasteiger partial charge is 0.336 e. The van der Waals surface area contributed by atoms with Crippen LogP contribution in [0.1, 0.15) is 17.5 Å². The van der Waals surface area contributed by atoms with Crippen LogP contribution in [0.3, 0.4) is 0 Å². The lowest BCUT2D eigenvalue weighted by atomic mass is 10.1. The third-order valence-corrected chi connectivity index (χ3v) is 6.70. The van der Waals surface area contributed by atoms with Crippen LogP contribution in [0.5, 0.6) is 0 Å². The van der Waals surface area contributed by atoms with Crippen molar-refractivity contribution >= 4 is 33.4 Å². The molecule has 6 rings (SSSR count). The van der Waals surface area contributed by atoms with E-state index >= 15 is 0 Å². The van der Waals surface area contributed by atoms with Gasteiger partial charge in [-0.2, -0.15) is 10.2 Å². The summed E-state index contributed by atoms with van der Waals surface area (Å²) < 4.78 is 1.84. The number of pyridine rings is 1. The molecule has 5 aromatic heterocycles. The van der Waals surface area contributed by atoms with Gasteiger partial charge in [-0.05, 0) is 43.7 Å². The van der Waals surface area contributed by atoms with E-state index in [1.54, 1.807) is 11.3 Å². The van der Waals surface area contributed by atoms with Gasteiger partial charge in [0.2, 0.25) is 0 Å². The SMILES string of the molecule is CCc1nn(C)cc1-c1ccc2[nH]nc(-c3nc4c(-c5ccc(C)s5)cccc4[nH]3)c2n1. The van der Waals surface area contributed by atoms with Crippen LogP contribution >= 0.6 is 11.3 Å². The number of imidazole rings is 1. The Hall–Kier alpha value is -3.78. The van der Waals surface area contributed by atoms with E-state index in [1.165, 1.54) is 9.75 Å². The van der Waals surface area contributed by atoms with Gasteiger partial charge in [0.05, 0.1) is 27.9 Å². The van der Waals surface area contributed by atoms with Crippen molar-refractivity contribution in [3.8, 4) is 33.2 Å². The average Bonchev–Trinajstić information content (AvgIpc) is 3.57. The highest BCUT2D eigenvalue weighted by Gasteiger charge is 2.18. The summed E-state index contributed by atoms with van der Waals surface area (Å²) >= 11 is 1.77. The van der Waals surface area contributed by atoms with E-state index in [0.29, 0.717) is 11.5 Å². The molecule has 158 valence electrons. The Morgan fingerprint density at radius 2 is 1.88 bits per heavy atom. The topological polar surface area (TPSA) is 88.1 Å². The van der Waals surface area contributed by atoms with Crippen molar-refractivity contribution in [3.63, 3.8) is 0 Å². The van der Waals surface area contributed by atoms with Crippen LogP contribution in [0.25, 0.3) is 55.3 Å². The van der Waals surface area contributed by atoms with Gasteiger partial charge in [-0.25, -0.2) is 9.97 Å². The summed E-state index contributed by atoms with van der Waals surface area (Å²) in [5.74, 6) is 0.707. The fourth-order valence-corrected chi connectivity index (χ4v) is 5.04. The van der Waals surface area contributed by atoms with E-state index in [9.17, 15) is 0 Å². The maximum absolute atomic E-state index is 4.95. The molecule has 32 heavy (non-hydrogen) atoms. The molecule has 0 atom stereocenters. The van der Waals surface area contributed by atoms with Crippen LogP contribution in [0.4, 0.5) is 0 Å². The number of aromatic amines is 2. The first-order chi connectivity index (χ1) is 15.6. The van der Waals surface area contributed by atoms with Gasteiger partial charge in [-0.3, -0.25) is 9.78 Å². The molecule has 0 fully saturated rings. The highest BCUT2D eigenvalue weighted by atomic mass is 32.1. The van der Waals surface area contributed by atoms with Crippen molar-refractivity contribution in [1.82, 2.24) is 34.9 Å². The molecule has 0 aliphatic rings. The monoisotopic (exact) mass is 439 g/mol. The molecule has 0 spiro atoms. The van der Waals surface area contributed by atoms with Gasteiger partial charge in [-0.15, -0.1) is 11.3 Å². The van der Waals surface area contributed by atoms with Gasteiger partial charge in [0.1, 0.15) is 5.52 Å². The van der Waals surface area contributed by atoms with E-state index in [2.05, 4.69) is 58.4 Å². The zero-order chi connectivity index (χ0) is 21.8. The van der Waals surface area contributed by atoms with Crippen LogP contribution in [0.15, 0.2) is 48.7 Å². The van der Waals surface area contributed by atoms with Crippen LogP contribution < -0.4 is 0 Å². The first-order valence-corrected chi connectivity index (χ1v) is 11.4. The Bertz CT molecular complexity index is 1600. The molecule has 0 bridgehead atoms. The van der Waals surface area contributed by atoms with Crippen molar-refractivity contribution in [2.24, 2.45) is 7.05 Å². The lowest BCUT2D eigenvalue weighted by Crippen LogP contribution is -1.90. The quantitative estimate of drug-likeness (QED) is 0.380. The number of rotatable bonds is 4. The second-order valence-corrected chi connectivity index (χ2v) is 9.17. The van der Waals surface area contributed by atoms with Crippen molar-refractivity contribution in [2.45, 2.75) is 20.3 Å². The minimum atomic E-state index is 0.707. The first-order valence-electron chi connectivity index (χ1n) is 10.5. The fraction of sp³-hybridized carbons (Fsp3) is 0.167. The fourth-order valence-electron chi connectivity index (χ4n) is 4.15.